The minimum atomic E-state index is -1.62. The third kappa shape index (κ3) is 3.90. The molecule has 0 aliphatic carbocycles. The lowest BCUT2D eigenvalue weighted by Crippen LogP contribution is -1.67. The van der Waals surface area contributed by atoms with Crippen LogP contribution in [0.2, 0.25) is 0 Å². The van der Waals surface area contributed by atoms with Crippen LogP contribution in [0.5, 0.6) is 0 Å². The van der Waals surface area contributed by atoms with Crippen LogP contribution >= 0.6 is 0 Å². The maximum atomic E-state index is 10.6. The normalized spacial score (nSPS) is 9.00. The second kappa shape index (κ2) is 5.91. The van der Waals surface area contributed by atoms with Crippen molar-refractivity contribution >= 4 is 10.8 Å². The van der Waals surface area contributed by atoms with Crippen LogP contribution in [0.3, 0.4) is 0 Å². The van der Waals surface area contributed by atoms with Gasteiger partial charge in [0, 0.05) is 0 Å². The van der Waals surface area contributed by atoms with E-state index >= 15 is 0 Å². The fraction of sp³-hybridized carbons (Fsp3) is 0.0769. The molecule has 78 valence electrons. The van der Waals surface area contributed by atoms with E-state index in [2.05, 4.69) is 48.5 Å². The molecule has 0 aromatic heterocycles. The van der Waals surface area contributed by atoms with Crippen molar-refractivity contribution in [1.29, 1.82) is 0 Å². The molecule has 0 unspecified atom stereocenters. The monoisotopic (exact) mass is 206 g/mol. The molecule has 0 saturated heterocycles. The van der Waals surface area contributed by atoms with Crippen molar-refractivity contribution in [3.63, 3.8) is 0 Å². The molecule has 15 heavy (non-hydrogen) atoms. The van der Waals surface area contributed by atoms with Crippen molar-refractivity contribution in [3.05, 3.63) is 60.7 Å². The van der Waals surface area contributed by atoms with Crippen LogP contribution in [-0.2, 0) is 0 Å². The van der Waals surface area contributed by atoms with Crippen molar-refractivity contribution in [2.45, 2.75) is 6.92 Å². The lowest BCUT2D eigenvalue weighted by atomic mass is 10.1. The molecular formula is C13H12F2. The predicted octanol–water partition coefficient (Wildman–Crippen LogP) is 4.63. The molecule has 0 nitrogen and oxygen atoms in total. The molecular weight excluding hydrogens is 194 g/mol. The molecule has 2 aromatic carbocycles. The summed E-state index contributed by atoms with van der Waals surface area (Å²) < 4.78 is 21.2. The molecule has 0 heterocycles. The van der Waals surface area contributed by atoms with Crippen LogP contribution in [-0.4, -0.2) is 0 Å². The summed E-state index contributed by atoms with van der Waals surface area (Å²) in [7, 11) is 0. The van der Waals surface area contributed by atoms with E-state index in [9.17, 15) is 8.78 Å². The van der Waals surface area contributed by atoms with Crippen LogP contribution in [0.1, 0.15) is 6.92 Å². The largest absolute Gasteiger partial charge is 0.266 e. The molecule has 0 spiro atoms. The smallest absolute Gasteiger partial charge is 0.174 e. The number of rotatable bonds is 0. The summed E-state index contributed by atoms with van der Waals surface area (Å²) in [4.78, 5) is 0. The first kappa shape index (κ1) is 11.4. The highest BCUT2D eigenvalue weighted by atomic mass is 19.3. The van der Waals surface area contributed by atoms with Gasteiger partial charge in [-0.05, 0) is 23.8 Å². The van der Waals surface area contributed by atoms with Gasteiger partial charge >= 0.3 is 0 Å². The Balaban J connectivity index is 0.000000195. The molecule has 0 saturated carbocycles. The quantitative estimate of drug-likeness (QED) is 0.589. The number of halogens is 2. The van der Waals surface area contributed by atoms with Gasteiger partial charge in [0.1, 0.15) is 0 Å². The number of hydrogen-bond acceptors (Lipinski definition) is 0. The van der Waals surface area contributed by atoms with Gasteiger partial charge in [-0.1, -0.05) is 48.5 Å². The van der Waals surface area contributed by atoms with Gasteiger partial charge in [0.25, 0.3) is 6.08 Å². The first-order valence-electron chi connectivity index (χ1n) is 4.65. The highest BCUT2D eigenvalue weighted by Gasteiger charge is 1.85. The average Bonchev–Trinajstić information content (AvgIpc) is 2.30. The molecule has 0 fully saturated rings. The van der Waals surface area contributed by atoms with Gasteiger partial charge in [0.15, 0.2) is 0 Å². The van der Waals surface area contributed by atoms with Gasteiger partial charge in [-0.3, -0.25) is 0 Å². The molecule has 2 heteroatoms. The molecule has 0 amide bonds. The Bertz CT molecular complexity index is 377. The Morgan fingerprint density at radius 3 is 1.33 bits per heavy atom. The van der Waals surface area contributed by atoms with Crippen molar-refractivity contribution in [2.24, 2.45) is 0 Å². The van der Waals surface area contributed by atoms with Crippen molar-refractivity contribution in [2.75, 3.05) is 0 Å². The summed E-state index contributed by atoms with van der Waals surface area (Å²) in [5, 5.41) is 2.62. The minimum Gasteiger partial charge on any atom is -0.174 e. The summed E-state index contributed by atoms with van der Waals surface area (Å²) in [5.41, 5.74) is 0. The third-order valence-electron chi connectivity index (χ3n) is 1.88. The summed E-state index contributed by atoms with van der Waals surface area (Å²) in [6.45, 7) is 1.29. The summed E-state index contributed by atoms with van der Waals surface area (Å²) in [6.07, 6.45) is -0.870. The van der Waals surface area contributed by atoms with E-state index in [0.29, 0.717) is 0 Å². The molecule has 0 radical (unpaired) electrons. The highest BCUT2D eigenvalue weighted by Crippen LogP contribution is 2.11. The van der Waals surface area contributed by atoms with E-state index in [4.69, 9.17) is 0 Å². The van der Waals surface area contributed by atoms with Gasteiger partial charge in [0.2, 0.25) is 0 Å². The molecule has 0 aliphatic heterocycles. The molecule has 0 N–H and O–H groups in total. The number of hydrogen-bond donors (Lipinski definition) is 0. The van der Waals surface area contributed by atoms with Gasteiger partial charge in [-0.2, -0.15) is 8.78 Å². The molecule has 0 aliphatic rings. The minimum absolute atomic E-state index is 0.750. The second-order valence-corrected chi connectivity index (χ2v) is 2.93. The molecule has 2 rings (SSSR count). The van der Waals surface area contributed by atoms with Crippen LogP contribution < -0.4 is 0 Å². The van der Waals surface area contributed by atoms with Crippen molar-refractivity contribution in [1.82, 2.24) is 0 Å². The van der Waals surface area contributed by atoms with Crippen LogP contribution in [0.25, 0.3) is 10.8 Å². The first-order chi connectivity index (χ1) is 7.24. The fourth-order valence-electron chi connectivity index (χ4n) is 1.13. The Morgan fingerprint density at radius 2 is 1.13 bits per heavy atom. The maximum absolute atomic E-state index is 10.6. The number of allylic oxidation sites excluding steroid dienone is 1. The van der Waals surface area contributed by atoms with E-state index in [0.717, 1.165) is 6.08 Å². The SMILES string of the molecule is CC=C(F)F.c1ccc2ccccc2c1. The van der Waals surface area contributed by atoms with E-state index < -0.39 is 6.08 Å². The third-order valence-corrected chi connectivity index (χ3v) is 1.88. The number of benzene rings is 2. The van der Waals surface area contributed by atoms with Crippen molar-refractivity contribution < 1.29 is 8.78 Å². The standard InChI is InChI=1S/C10H8.C3H4F2/c1-2-6-10-8-4-3-7-9(10)5-1;1-2-3(4)5/h1-8H;2H,1H3. The molecule has 0 atom stereocenters. The zero-order valence-electron chi connectivity index (χ0n) is 8.45. The molecule has 0 bridgehead atoms. The summed E-state index contributed by atoms with van der Waals surface area (Å²) in [6, 6.07) is 16.7. The summed E-state index contributed by atoms with van der Waals surface area (Å²) in [5.74, 6) is 0. The van der Waals surface area contributed by atoms with E-state index in [1.165, 1.54) is 17.7 Å². The van der Waals surface area contributed by atoms with E-state index in [-0.39, 0.29) is 0 Å². The van der Waals surface area contributed by atoms with E-state index in [1.807, 2.05) is 0 Å². The van der Waals surface area contributed by atoms with Gasteiger partial charge in [-0.25, -0.2) is 0 Å². The zero-order valence-corrected chi connectivity index (χ0v) is 8.45. The zero-order chi connectivity index (χ0) is 11.1. The second-order valence-electron chi connectivity index (χ2n) is 2.93. The molecule has 2 aromatic rings. The van der Waals surface area contributed by atoms with Gasteiger partial charge in [-0.15, -0.1) is 0 Å². The Labute approximate surface area is 87.9 Å². The Morgan fingerprint density at radius 1 is 0.867 bits per heavy atom. The Hall–Kier alpha value is -1.70. The van der Waals surface area contributed by atoms with E-state index in [1.54, 1.807) is 0 Å². The van der Waals surface area contributed by atoms with Gasteiger partial charge < -0.3 is 0 Å². The average molecular weight is 206 g/mol. The van der Waals surface area contributed by atoms with Crippen LogP contribution in [0.15, 0.2) is 60.7 Å². The topological polar surface area (TPSA) is 0 Å². The Kier molecular flexibility index (Phi) is 4.48. The predicted molar refractivity (Wildman–Crippen MR) is 59.9 cm³/mol. The number of fused-ring (bicyclic) bond motifs is 1. The highest BCUT2D eigenvalue weighted by molar-refractivity contribution is 5.81. The fourth-order valence-corrected chi connectivity index (χ4v) is 1.13. The maximum Gasteiger partial charge on any atom is 0.266 e. The lowest BCUT2D eigenvalue weighted by Gasteiger charge is -1.92. The summed E-state index contributed by atoms with van der Waals surface area (Å²) >= 11 is 0. The van der Waals surface area contributed by atoms with Crippen LogP contribution in [0.4, 0.5) is 8.78 Å². The van der Waals surface area contributed by atoms with Crippen molar-refractivity contribution in [3.8, 4) is 0 Å². The first-order valence-corrected chi connectivity index (χ1v) is 4.65. The van der Waals surface area contributed by atoms with Crippen LogP contribution in [0, 0.1) is 0 Å². The lowest BCUT2D eigenvalue weighted by molar-refractivity contribution is 0.420. The van der Waals surface area contributed by atoms with Gasteiger partial charge in [0.05, 0.1) is 0 Å².